The molecule has 0 N–H and O–H groups in total. The molecule has 0 aliphatic heterocycles. The second-order valence-corrected chi connectivity index (χ2v) is 5.73. The molecule has 0 amide bonds. The molecule has 20 heavy (non-hydrogen) atoms. The first kappa shape index (κ1) is 14.9. The third-order valence-corrected chi connectivity index (χ3v) is 3.51. The average molecular weight is 397 g/mol. The highest BCUT2D eigenvalue weighted by Crippen LogP contribution is 2.22. The number of nitrogens with zero attached hydrogens (tertiary/aromatic N) is 1. The fourth-order valence-corrected chi connectivity index (χ4v) is 2.18. The van der Waals surface area contributed by atoms with Gasteiger partial charge in [0.25, 0.3) is 0 Å². The van der Waals surface area contributed by atoms with E-state index in [2.05, 4.69) is 37.9 Å². The van der Waals surface area contributed by atoms with Crippen LogP contribution >= 0.6 is 31.9 Å². The average Bonchev–Trinajstić information content (AvgIpc) is 2.46. The van der Waals surface area contributed by atoms with E-state index < -0.39 is 0 Å². The third kappa shape index (κ3) is 4.26. The number of benzene rings is 2. The van der Waals surface area contributed by atoms with Gasteiger partial charge >= 0.3 is 0 Å². The normalized spacial score (nSPS) is 9.85. The maximum atomic E-state index is 9.02. The van der Waals surface area contributed by atoms with Crippen LogP contribution in [0.1, 0.15) is 5.56 Å². The minimum Gasteiger partial charge on any atom is -0.490 e. The van der Waals surface area contributed by atoms with Gasteiger partial charge in [0.1, 0.15) is 30.8 Å². The van der Waals surface area contributed by atoms with Crippen LogP contribution < -0.4 is 9.47 Å². The summed E-state index contributed by atoms with van der Waals surface area (Å²) in [4.78, 5) is 0. The molecule has 5 heteroatoms. The molecule has 0 bridgehead atoms. The largest absolute Gasteiger partial charge is 0.490 e. The summed E-state index contributed by atoms with van der Waals surface area (Å²) in [5.74, 6) is 1.35. The van der Waals surface area contributed by atoms with Gasteiger partial charge in [-0.25, -0.2) is 0 Å². The summed E-state index contributed by atoms with van der Waals surface area (Å²) in [5.41, 5.74) is 0.503. The van der Waals surface area contributed by atoms with Crippen molar-refractivity contribution < 1.29 is 9.47 Å². The zero-order valence-electron chi connectivity index (χ0n) is 10.5. The van der Waals surface area contributed by atoms with E-state index in [9.17, 15) is 0 Å². The van der Waals surface area contributed by atoms with Crippen LogP contribution in [0.25, 0.3) is 0 Å². The lowest BCUT2D eigenvalue weighted by atomic mass is 10.2. The van der Waals surface area contributed by atoms with Crippen molar-refractivity contribution in [2.45, 2.75) is 0 Å². The van der Waals surface area contributed by atoms with E-state index in [-0.39, 0.29) is 0 Å². The smallest absolute Gasteiger partial charge is 0.137 e. The monoisotopic (exact) mass is 395 g/mol. The highest BCUT2D eigenvalue weighted by Gasteiger charge is 2.04. The van der Waals surface area contributed by atoms with E-state index in [4.69, 9.17) is 14.7 Å². The summed E-state index contributed by atoms with van der Waals surface area (Å²) < 4.78 is 13.0. The Balaban J connectivity index is 1.84. The molecule has 0 fully saturated rings. The lowest BCUT2D eigenvalue weighted by molar-refractivity contribution is 0.217. The third-order valence-electron chi connectivity index (χ3n) is 2.49. The molecule has 0 aromatic heterocycles. The first-order chi connectivity index (χ1) is 9.69. The van der Waals surface area contributed by atoms with E-state index in [0.29, 0.717) is 24.5 Å². The molecule has 2 aromatic carbocycles. The lowest BCUT2D eigenvalue weighted by Gasteiger charge is -2.09. The van der Waals surface area contributed by atoms with E-state index in [1.807, 2.05) is 30.3 Å². The fourth-order valence-electron chi connectivity index (χ4n) is 1.56. The number of halogens is 2. The van der Waals surface area contributed by atoms with Crippen LogP contribution in [-0.4, -0.2) is 13.2 Å². The summed E-state index contributed by atoms with van der Waals surface area (Å²) >= 11 is 6.68. The van der Waals surface area contributed by atoms with Crippen LogP contribution in [0.5, 0.6) is 11.5 Å². The molecule has 0 atom stereocenters. The summed E-state index contributed by atoms with van der Waals surface area (Å²) in [6.45, 7) is 0.801. The van der Waals surface area contributed by atoms with Gasteiger partial charge in [-0.3, -0.25) is 0 Å². The Morgan fingerprint density at radius 2 is 1.55 bits per heavy atom. The van der Waals surface area contributed by atoms with Gasteiger partial charge < -0.3 is 9.47 Å². The van der Waals surface area contributed by atoms with Gasteiger partial charge in [-0.15, -0.1) is 0 Å². The van der Waals surface area contributed by atoms with Crippen molar-refractivity contribution >= 4 is 31.9 Å². The summed E-state index contributed by atoms with van der Waals surface area (Å²) in [6, 6.07) is 15.0. The molecule has 2 aromatic rings. The molecule has 0 unspecified atom stereocenters. The summed E-state index contributed by atoms with van der Waals surface area (Å²) in [6.07, 6.45) is 0. The van der Waals surface area contributed by atoms with Crippen molar-refractivity contribution in [2.75, 3.05) is 13.2 Å². The van der Waals surface area contributed by atoms with Gasteiger partial charge in [-0.05, 0) is 42.5 Å². The Hall–Kier alpha value is -1.51. The highest BCUT2D eigenvalue weighted by molar-refractivity contribution is 9.10. The molecular weight excluding hydrogens is 386 g/mol. The Bertz CT molecular complexity index is 621. The predicted octanol–water partition coefficient (Wildman–Crippen LogP) is 4.54. The molecule has 0 saturated carbocycles. The minimum absolute atomic E-state index is 0.381. The Labute approximate surface area is 134 Å². The number of hydrogen-bond donors (Lipinski definition) is 0. The Morgan fingerprint density at radius 3 is 2.25 bits per heavy atom. The quantitative estimate of drug-likeness (QED) is 0.696. The van der Waals surface area contributed by atoms with Gasteiger partial charge in [-0.2, -0.15) is 5.26 Å². The molecule has 0 aliphatic rings. The van der Waals surface area contributed by atoms with Crippen LogP contribution in [0.4, 0.5) is 0 Å². The maximum Gasteiger partial charge on any atom is 0.137 e. The minimum atomic E-state index is 0.381. The summed E-state index contributed by atoms with van der Waals surface area (Å²) in [7, 11) is 0. The SMILES string of the molecule is N#Cc1cc(Br)ccc1OCCOc1ccc(Br)cc1. The van der Waals surface area contributed by atoms with Crippen molar-refractivity contribution in [3.8, 4) is 17.6 Å². The number of nitriles is 1. The summed E-state index contributed by atoms with van der Waals surface area (Å²) in [5, 5.41) is 9.02. The van der Waals surface area contributed by atoms with Crippen molar-refractivity contribution in [2.24, 2.45) is 0 Å². The molecular formula is C15H11Br2NO2. The van der Waals surface area contributed by atoms with Crippen LogP contribution in [0.15, 0.2) is 51.4 Å². The van der Waals surface area contributed by atoms with Crippen molar-refractivity contribution in [1.29, 1.82) is 5.26 Å². The van der Waals surface area contributed by atoms with Gasteiger partial charge in [0, 0.05) is 8.95 Å². The molecule has 3 nitrogen and oxygen atoms in total. The van der Waals surface area contributed by atoms with Crippen molar-refractivity contribution in [3.05, 3.63) is 57.0 Å². The second kappa shape index (κ2) is 7.32. The molecule has 0 aliphatic carbocycles. The first-order valence-corrected chi connectivity index (χ1v) is 7.48. The maximum absolute atomic E-state index is 9.02. The van der Waals surface area contributed by atoms with E-state index in [0.717, 1.165) is 14.7 Å². The Morgan fingerprint density at radius 1 is 0.900 bits per heavy atom. The molecule has 0 radical (unpaired) electrons. The molecule has 0 heterocycles. The lowest BCUT2D eigenvalue weighted by Crippen LogP contribution is -2.09. The van der Waals surface area contributed by atoms with Crippen LogP contribution in [-0.2, 0) is 0 Å². The first-order valence-electron chi connectivity index (χ1n) is 5.90. The number of rotatable bonds is 5. The van der Waals surface area contributed by atoms with E-state index >= 15 is 0 Å². The van der Waals surface area contributed by atoms with Gasteiger partial charge in [-0.1, -0.05) is 31.9 Å². The van der Waals surface area contributed by atoms with Gasteiger partial charge in [0.2, 0.25) is 0 Å². The second-order valence-electron chi connectivity index (χ2n) is 3.90. The standard InChI is InChI=1S/C15H11Br2NO2/c16-12-1-4-14(5-2-12)19-7-8-20-15-6-3-13(17)9-11(15)10-18/h1-6,9H,7-8H2. The molecule has 102 valence electrons. The highest BCUT2D eigenvalue weighted by atomic mass is 79.9. The molecule has 0 spiro atoms. The van der Waals surface area contributed by atoms with Crippen molar-refractivity contribution in [1.82, 2.24) is 0 Å². The van der Waals surface area contributed by atoms with Crippen molar-refractivity contribution in [3.63, 3.8) is 0 Å². The van der Waals surface area contributed by atoms with Gasteiger partial charge in [0.15, 0.2) is 0 Å². The van der Waals surface area contributed by atoms with Crippen LogP contribution in [0.2, 0.25) is 0 Å². The van der Waals surface area contributed by atoms with E-state index in [1.165, 1.54) is 0 Å². The van der Waals surface area contributed by atoms with Crippen LogP contribution in [0.3, 0.4) is 0 Å². The number of ether oxygens (including phenoxy) is 2. The Kier molecular flexibility index (Phi) is 5.45. The molecule has 0 saturated heterocycles. The number of hydrogen-bond acceptors (Lipinski definition) is 3. The van der Waals surface area contributed by atoms with E-state index in [1.54, 1.807) is 12.1 Å². The topological polar surface area (TPSA) is 42.2 Å². The van der Waals surface area contributed by atoms with Gasteiger partial charge in [0.05, 0.1) is 5.56 Å². The van der Waals surface area contributed by atoms with Crippen LogP contribution in [0, 0.1) is 11.3 Å². The predicted molar refractivity (Wildman–Crippen MR) is 84.0 cm³/mol. The zero-order chi connectivity index (χ0) is 14.4. The fraction of sp³-hybridized carbons (Fsp3) is 0.133. The zero-order valence-corrected chi connectivity index (χ0v) is 13.6. The molecule has 2 rings (SSSR count).